The molecule has 88 valence electrons. The Morgan fingerprint density at radius 2 is 1.82 bits per heavy atom. The monoisotopic (exact) mass is 290 g/mol. The van der Waals surface area contributed by atoms with Gasteiger partial charge in [0.1, 0.15) is 5.82 Å². The average Bonchev–Trinajstić information content (AvgIpc) is 2.24. The van der Waals surface area contributed by atoms with Crippen LogP contribution in [0.25, 0.3) is 11.3 Å². The lowest BCUT2D eigenvalue weighted by atomic mass is 10.1. The number of nitrogen functional groups attached to an aromatic ring is 1. The lowest BCUT2D eigenvalue weighted by molar-refractivity contribution is 0.622. The van der Waals surface area contributed by atoms with Gasteiger partial charge in [-0.1, -0.05) is 34.8 Å². The summed E-state index contributed by atoms with van der Waals surface area (Å²) in [5.74, 6) is -0.518. The van der Waals surface area contributed by atoms with Gasteiger partial charge in [0.2, 0.25) is 0 Å². The van der Waals surface area contributed by atoms with Gasteiger partial charge in [-0.3, -0.25) is 4.98 Å². The predicted octanol–water partition coefficient (Wildman–Crippen LogP) is 4.43. The number of halogens is 4. The van der Waals surface area contributed by atoms with Crippen LogP contribution in [0.5, 0.6) is 0 Å². The maximum atomic E-state index is 12.9. The molecule has 2 nitrogen and oxygen atoms in total. The van der Waals surface area contributed by atoms with Crippen molar-refractivity contribution in [2.24, 2.45) is 0 Å². The van der Waals surface area contributed by atoms with E-state index in [1.165, 1.54) is 6.07 Å². The van der Waals surface area contributed by atoms with Crippen molar-refractivity contribution in [1.29, 1.82) is 0 Å². The van der Waals surface area contributed by atoms with Crippen LogP contribution in [-0.4, -0.2) is 4.98 Å². The van der Waals surface area contributed by atoms with Crippen molar-refractivity contribution in [2.45, 2.75) is 0 Å². The fourth-order valence-electron chi connectivity index (χ4n) is 1.41. The van der Waals surface area contributed by atoms with E-state index < -0.39 is 5.82 Å². The van der Waals surface area contributed by atoms with Crippen LogP contribution in [0.1, 0.15) is 0 Å². The molecule has 0 unspecified atom stereocenters. The van der Waals surface area contributed by atoms with E-state index in [4.69, 9.17) is 40.5 Å². The topological polar surface area (TPSA) is 38.9 Å². The number of hydrogen-bond acceptors (Lipinski definition) is 2. The molecule has 0 aliphatic rings. The zero-order chi connectivity index (χ0) is 12.6. The van der Waals surface area contributed by atoms with Gasteiger partial charge in [0.15, 0.2) is 0 Å². The molecule has 0 radical (unpaired) electrons. The summed E-state index contributed by atoms with van der Waals surface area (Å²) in [6.45, 7) is 0. The van der Waals surface area contributed by atoms with Crippen LogP contribution in [0.15, 0.2) is 24.4 Å². The van der Waals surface area contributed by atoms with Gasteiger partial charge in [-0.15, -0.1) is 0 Å². The number of anilines is 1. The normalized spacial score (nSPS) is 10.6. The minimum atomic E-state index is -0.518. The standard InChI is InChI=1S/C11H6Cl3FN2/c12-5-1-7(10(14)8(13)2-5)11-9(16)3-6(15)4-17-11/h1-4H,16H2. The van der Waals surface area contributed by atoms with Crippen molar-refractivity contribution in [1.82, 2.24) is 4.98 Å². The van der Waals surface area contributed by atoms with Gasteiger partial charge in [-0.05, 0) is 12.1 Å². The first-order valence-corrected chi connectivity index (χ1v) is 5.68. The summed E-state index contributed by atoms with van der Waals surface area (Å²) in [4.78, 5) is 3.89. The number of pyridine rings is 1. The molecule has 0 bridgehead atoms. The molecular formula is C11H6Cl3FN2. The summed E-state index contributed by atoms with van der Waals surface area (Å²) < 4.78 is 12.9. The van der Waals surface area contributed by atoms with Gasteiger partial charge in [0, 0.05) is 16.7 Å². The molecule has 0 aliphatic carbocycles. The fraction of sp³-hybridized carbons (Fsp3) is 0. The fourth-order valence-corrected chi connectivity index (χ4v) is 2.10. The largest absolute Gasteiger partial charge is 0.397 e. The summed E-state index contributed by atoms with van der Waals surface area (Å²) >= 11 is 17.8. The molecule has 17 heavy (non-hydrogen) atoms. The first kappa shape index (κ1) is 12.4. The van der Waals surface area contributed by atoms with Crippen LogP contribution in [0.3, 0.4) is 0 Å². The van der Waals surface area contributed by atoms with Gasteiger partial charge in [-0.2, -0.15) is 0 Å². The van der Waals surface area contributed by atoms with E-state index >= 15 is 0 Å². The van der Waals surface area contributed by atoms with E-state index in [-0.39, 0.29) is 10.7 Å². The third kappa shape index (κ3) is 2.46. The van der Waals surface area contributed by atoms with Crippen molar-refractivity contribution in [2.75, 3.05) is 5.73 Å². The molecular weight excluding hydrogens is 285 g/mol. The molecule has 0 atom stereocenters. The van der Waals surface area contributed by atoms with E-state index in [1.54, 1.807) is 6.07 Å². The Balaban J connectivity index is 2.68. The van der Waals surface area contributed by atoms with Gasteiger partial charge in [0.25, 0.3) is 0 Å². The molecule has 6 heteroatoms. The molecule has 1 aromatic heterocycles. The van der Waals surface area contributed by atoms with Gasteiger partial charge in [-0.25, -0.2) is 4.39 Å². The third-order valence-electron chi connectivity index (χ3n) is 2.13. The summed E-state index contributed by atoms with van der Waals surface area (Å²) in [5.41, 5.74) is 6.67. The molecule has 0 fully saturated rings. The third-order valence-corrected chi connectivity index (χ3v) is 3.15. The van der Waals surface area contributed by atoms with Crippen LogP contribution in [0.2, 0.25) is 15.1 Å². The number of benzene rings is 1. The van der Waals surface area contributed by atoms with Crippen LogP contribution in [-0.2, 0) is 0 Å². The molecule has 0 saturated carbocycles. The Kier molecular flexibility index (Phi) is 3.43. The SMILES string of the molecule is Nc1cc(F)cnc1-c1cc(Cl)cc(Cl)c1Cl. The number of nitrogens with zero attached hydrogens (tertiary/aromatic N) is 1. The summed E-state index contributed by atoms with van der Waals surface area (Å²) in [6, 6.07) is 4.24. The molecule has 0 amide bonds. The first-order valence-electron chi connectivity index (χ1n) is 4.55. The molecule has 0 spiro atoms. The summed E-state index contributed by atoms with van der Waals surface area (Å²) in [7, 11) is 0. The predicted molar refractivity (Wildman–Crippen MR) is 69.1 cm³/mol. The van der Waals surface area contributed by atoms with Gasteiger partial charge >= 0.3 is 0 Å². The van der Waals surface area contributed by atoms with Gasteiger partial charge in [0.05, 0.1) is 27.6 Å². The number of nitrogens with two attached hydrogens (primary N) is 1. The second kappa shape index (κ2) is 4.69. The highest BCUT2D eigenvalue weighted by atomic mass is 35.5. The molecule has 0 saturated heterocycles. The smallest absolute Gasteiger partial charge is 0.143 e. The molecule has 0 aliphatic heterocycles. The van der Waals surface area contributed by atoms with Crippen molar-refractivity contribution in [3.05, 3.63) is 45.3 Å². The Morgan fingerprint density at radius 1 is 1.12 bits per heavy atom. The molecule has 2 aromatic rings. The lowest BCUT2D eigenvalue weighted by Gasteiger charge is -2.08. The van der Waals surface area contributed by atoms with Gasteiger partial charge < -0.3 is 5.73 Å². The number of hydrogen-bond donors (Lipinski definition) is 1. The van der Waals surface area contributed by atoms with Crippen molar-refractivity contribution in [3.8, 4) is 11.3 Å². The van der Waals surface area contributed by atoms with E-state index in [2.05, 4.69) is 4.98 Å². The van der Waals surface area contributed by atoms with Crippen LogP contribution in [0, 0.1) is 5.82 Å². The second-order valence-corrected chi connectivity index (χ2v) is 4.56. The van der Waals surface area contributed by atoms with E-state index in [1.807, 2.05) is 0 Å². The minimum absolute atomic E-state index is 0.172. The molecule has 1 heterocycles. The maximum absolute atomic E-state index is 12.9. The minimum Gasteiger partial charge on any atom is -0.397 e. The molecule has 2 N–H and O–H groups in total. The highest BCUT2D eigenvalue weighted by Gasteiger charge is 2.13. The van der Waals surface area contributed by atoms with Crippen molar-refractivity contribution in [3.63, 3.8) is 0 Å². The Hall–Kier alpha value is -1.03. The molecule has 1 aromatic carbocycles. The van der Waals surface area contributed by atoms with E-state index in [0.29, 0.717) is 21.3 Å². The Morgan fingerprint density at radius 3 is 2.47 bits per heavy atom. The quantitative estimate of drug-likeness (QED) is 0.789. The number of rotatable bonds is 1. The zero-order valence-corrected chi connectivity index (χ0v) is 10.6. The maximum Gasteiger partial charge on any atom is 0.143 e. The van der Waals surface area contributed by atoms with Crippen molar-refractivity contribution < 1.29 is 4.39 Å². The summed E-state index contributed by atoms with van der Waals surface area (Å²) in [5, 5.41) is 0.974. The zero-order valence-electron chi connectivity index (χ0n) is 8.35. The number of aromatic nitrogens is 1. The molecule has 2 rings (SSSR count). The highest BCUT2D eigenvalue weighted by Crippen LogP contribution is 2.37. The van der Waals surface area contributed by atoms with Crippen LogP contribution >= 0.6 is 34.8 Å². The van der Waals surface area contributed by atoms with Crippen LogP contribution < -0.4 is 5.73 Å². The average molecular weight is 292 g/mol. The Bertz CT molecular complexity index is 587. The van der Waals surface area contributed by atoms with E-state index in [9.17, 15) is 4.39 Å². The van der Waals surface area contributed by atoms with Crippen LogP contribution in [0.4, 0.5) is 10.1 Å². The first-order chi connectivity index (χ1) is 7.99. The van der Waals surface area contributed by atoms with E-state index in [0.717, 1.165) is 12.3 Å². The Labute approximate surface area is 112 Å². The lowest BCUT2D eigenvalue weighted by Crippen LogP contribution is -1.95. The summed E-state index contributed by atoms with van der Waals surface area (Å²) in [6.07, 6.45) is 1.05. The second-order valence-electron chi connectivity index (χ2n) is 3.34. The highest BCUT2D eigenvalue weighted by molar-refractivity contribution is 6.45. The van der Waals surface area contributed by atoms with Crippen molar-refractivity contribution >= 4 is 40.5 Å².